The van der Waals surface area contributed by atoms with Crippen molar-refractivity contribution in [1.29, 1.82) is 0 Å². The zero-order valence-electron chi connectivity index (χ0n) is 9.83. The Labute approximate surface area is 109 Å². The molecule has 0 aliphatic rings. The van der Waals surface area contributed by atoms with Gasteiger partial charge in [0.1, 0.15) is 5.03 Å². The quantitative estimate of drug-likeness (QED) is 0.853. The molecule has 1 amide bonds. The van der Waals surface area contributed by atoms with Gasteiger partial charge in [-0.05, 0) is 24.3 Å². The summed E-state index contributed by atoms with van der Waals surface area (Å²) in [6, 6.07) is 9.36. The van der Waals surface area contributed by atoms with Crippen molar-refractivity contribution >= 4 is 23.5 Å². The van der Waals surface area contributed by atoms with Crippen LogP contribution in [-0.4, -0.2) is 21.1 Å². The molecule has 0 spiro atoms. The first-order valence-corrected chi connectivity index (χ1v) is 6.36. The van der Waals surface area contributed by atoms with Gasteiger partial charge in [0.25, 0.3) is 0 Å². The molecule has 2 heterocycles. The van der Waals surface area contributed by atoms with Gasteiger partial charge in [0.2, 0.25) is 5.91 Å². The number of nitrogens with one attached hydrogen (secondary N) is 1. The Kier molecular flexibility index (Phi) is 4.25. The first-order chi connectivity index (χ1) is 8.74. The van der Waals surface area contributed by atoms with Gasteiger partial charge in [-0.15, -0.1) is 10.2 Å². The first-order valence-electron chi connectivity index (χ1n) is 5.38. The summed E-state index contributed by atoms with van der Waals surface area (Å²) in [6.07, 6.45) is 1.77. The number of anilines is 1. The van der Waals surface area contributed by atoms with Crippen LogP contribution in [0.3, 0.4) is 0 Å². The Morgan fingerprint density at radius 2 is 2.17 bits per heavy atom. The van der Waals surface area contributed by atoms with Crippen LogP contribution in [0.5, 0.6) is 0 Å². The zero-order valence-corrected chi connectivity index (χ0v) is 10.6. The Balaban J connectivity index is 1.92. The molecule has 92 valence electrons. The van der Waals surface area contributed by atoms with Crippen LogP contribution in [0.1, 0.15) is 12.6 Å². The van der Waals surface area contributed by atoms with E-state index in [0.29, 0.717) is 5.82 Å². The number of hydrogen-bond acceptors (Lipinski definition) is 5. The van der Waals surface area contributed by atoms with Gasteiger partial charge < -0.3 is 5.32 Å². The molecular formula is C12H12N4OS. The molecule has 0 aliphatic heterocycles. The fourth-order valence-corrected chi connectivity index (χ4v) is 2.00. The summed E-state index contributed by atoms with van der Waals surface area (Å²) < 4.78 is 0. The molecular weight excluding hydrogens is 248 g/mol. The highest BCUT2D eigenvalue weighted by Gasteiger charge is 2.01. The maximum absolute atomic E-state index is 10.8. The summed E-state index contributed by atoms with van der Waals surface area (Å²) >= 11 is 1.55. The second-order valence-corrected chi connectivity index (χ2v) is 4.54. The highest BCUT2D eigenvalue weighted by Crippen LogP contribution is 2.19. The van der Waals surface area contributed by atoms with Crippen LogP contribution in [0.25, 0.3) is 0 Å². The van der Waals surface area contributed by atoms with Gasteiger partial charge in [-0.1, -0.05) is 17.8 Å². The van der Waals surface area contributed by atoms with E-state index in [0.717, 1.165) is 16.5 Å². The lowest BCUT2D eigenvalue weighted by Crippen LogP contribution is -2.07. The lowest BCUT2D eigenvalue weighted by atomic mass is 10.4. The maximum Gasteiger partial charge on any atom is 0.222 e. The number of carbonyl (C=O) groups is 1. The molecule has 0 saturated heterocycles. The van der Waals surface area contributed by atoms with E-state index >= 15 is 0 Å². The van der Waals surface area contributed by atoms with Crippen LogP contribution in [0.2, 0.25) is 0 Å². The Bertz CT molecular complexity index is 515. The number of amides is 1. The predicted molar refractivity (Wildman–Crippen MR) is 70.1 cm³/mol. The number of aromatic nitrogens is 3. The van der Waals surface area contributed by atoms with Gasteiger partial charge in [-0.2, -0.15) is 0 Å². The van der Waals surface area contributed by atoms with Crippen LogP contribution >= 0.6 is 11.8 Å². The monoisotopic (exact) mass is 260 g/mol. The third-order valence-corrected chi connectivity index (χ3v) is 2.99. The Morgan fingerprint density at radius 1 is 1.28 bits per heavy atom. The minimum Gasteiger partial charge on any atom is -0.309 e. The maximum atomic E-state index is 10.8. The third-order valence-electron chi connectivity index (χ3n) is 2.04. The lowest BCUT2D eigenvalue weighted by Gasteiger charge is -2.02. The van der Waals surface area contributed by atoms with Crippen molar-refractivity contribution in [2.45, 2.75) is 17.7 Å². The van der Waals surface area contributed by atoms with E-state index in [1.54, 1.807) is 24.0 Å². The molecule has 5 nitrogen and oxygen atoms in total. The van der Waals surface area contributed by atoms with Crippen LogP contribution in [0.4, 0.5) is 5.82 Å². The average Bonchev–Trinajstić information content (AvgIpc) is 2.38. The lowest BCUT2D eigenvalue weighted by molar-refractivity contribution is -0.114. The minimum absolute atomic E-state index is 0.154. The standard InChI is InChI=1S/C12H12N4OS/c1-9(17)14-11-5-6-12(16-15-11)18-8-10-4-2-3-7-13-10/h2-7H,8H2,1H3,(H,14,15,17). The molecule has 2 aromatic rings. The Hall–Kier alpha value is -1.95. The Morgan fingerprint density at radius 3 is 2.78 bits per heavy atom. The van der Waals surface area contributed by atoms with Crippen molar-refractivity contribution in [3.63, 3.8) is 0 Å². The normalized spacial score (nSPS) is 10.1. The van der Waals surface area contributed by atoms with Crippen LogP contribution in [-0.2, 0) is 10.5 Å². The van der Waals surface area contributed by atoms with Crippen molar-refractivity contribution in [3.8, 4) is 0 Å². The summed E-state index contributed by atoms with van der Waals surface area (Å²) in [5.41, 5.74) is 0.996. The molecule has 6 heteroatoms. The second kappa shape index (κ2) is 6.11. The van der Waals surface area contributed by atoms with Gasteiger partial charge in [-0.3, -0.25) is 9.78 Å². The highest BCUT2D eigenvalue weighted by molar-refractivity contribution is 7.98. The SMILES string of the molecule is CC(=O)Nc1ccc(SCc2ccccn2)nn1. The van der Waals surface area contributed by atoms with Crippen LogP contribution in [0.15, 0.2) is 41.6 Å². The van der Waals surface area contributed by atoms with Gasteiger partial charge in [0, 0.05) is 18.9 Å². The van der Waals surface area contributed by atoms with Gasteiger partial charge in [0.15, 0.2) is 5.82 Å². The van der Waals surface area contributed by atoms with Crippen molar-refractivity contribution < 1.29 is 4.79 Å². The molecule has 2 aromatic heterocycles. The van der Waals surface area contributed by atoms with E-state index in [1.165, 1.54) is 6.92 Å². The van der Waals surface area contributed by atoms with E-state index < -0.39 is 0 Å². The fourth-order valence-electron chi connectivity index (χ4n) is 1.28. The average molecular weight is 260 g/mol. The highest BCUT2D eigenvalue weighted by atomic mass is 32.2. The first kappa shape index (κ1) is 12.5. The zero-order chi connectivity index (χ0) is 12.8. The molecule has 0 aromatic carbocycles. The molecule has 0 fully saturated rings. The van der Waals surface area contributed by atoms with Crippen LogP contribution < -0.4 is 5.32 Å². The number of thioether (sulfide) groups is 1. The molecule has 2 rings (SSSR count). The number of hydrogen-bond donors (Lipinski definition) is 1. The van der Waals surface area contributed by atoms with Crippen molar-refractivity contribution in [3.05, 3.63) is 42.2 Å². The van der Waals surface area contributed by atoms with Crippen molar-refractivity contribution in [2.75, 3.05) is 5.32 Å². The number of carbonyl (C=O) groups excluding carboxylic acids is 1. The molecule has 0 atom stereocenters. The summed E-state index contributed by atoms with van der Waals surface area (Å²) in [6.45, 7) is 1.44. The molecule has 0 bridgehead atoms. The summed E-state index contributed by atoms with van der Waals surface area (Å²) in [5, 5.41) is 11.3. The predicted octanol–water partition coefficient (Wildman–Crippen LogP) is 2.12. The molecule has 18 heavy (non-hydrogen) atoms. The summed E-state index contributed by atoms with van der Waals surface area (Å²) in [5.74, 6) is 1.05. The largest absolute Gasteiger partial charge is 0.309 e. The number of rotatable bonds is 4. The van der Waals surface area contributed by atoms with E-state index in [4.69, 9.17) is 0 Å². The molecule has 1 N–H and O–H groups in total. The van der Waals surface area contributed by atoms with E-state index in [9.17, 15) is 4.79 Å². The molecule has 0 radical (unpaired) electrons. The van der Waals surface area contributed by atoms with Crippen molar-refractivity contribution in [2.24, 2.45) is 0 Å². The summed E-state index contributed by atoms with van der Waals surface area (Å²) in [7, 11) is 0. The van der Waals surface area contributed by atoms with E-state index in [2.05, 4.69) is 20.5 Å². The number of pyridine rings is 1. The van der Waals surface area contributed by atoms with Gasteiger partial charge in [-0.25, -0.2) is 0 Å². The minimum atomic E-state index is -0.154. The smallest absolute Gasteiger partial charge is 0.222 e. The van der Waals surface area contributed by atoms with E-state index in [1.807, 2.05) is 24.3 Å². The topological polar surface area (TPSA) is 67.8 Å². The van der Waals surface area contributed by atoms with Gasteiger partial charge >= 0.3 is 0 Å². The van der Waals surface area contributed by atoms with Gasteiger partial charge in [0.05, 0.1) is 5.69 Å². The third kappa shape index (κ3) is 3.81. The van der Waals surface area contributed by atoms with E-state index in [-0.39, 0.29) is 5.91 Å². The molecule has 0 saturated carbocycles. The van der Waals surface area contributed by atoms with Crippen LogP contribution in [0, 0.1) is 0 Å². The molecule has 0 unspecified atom stereocenters. The second-order valence-electron chi connectivity index (χ2n) is 3.55. The molecule has 0 aliphatic carbocycles. The number of nitrogens with zero attached hydrogens (tertiary/aromatic N) is 3. The summed E-state index contributed by atoms with van der Waals surface area (Å²) in [4.78, 5) is 15.0. The van der Waals surface area contributed by atoms with Crippen molar-refractivity contribution in [1.82, 2.24) is 15.2 Å². The fraction of sp³-hybridized carbons (Fsp3) is 0.167.